The average Bonchev–Trinajstić information content (AvgIpc) is 3.03. The minimum atomic E-state index is -0.267. The van der Waals surface area contributed by atoms with Crippen molar-refractivity contribution in [3.63, 3.8) is 0 Å². The zero-order valence-electron chi connectivity index (χ0n) is 12.1. The van der Waals surface area contributed by atoms with Crippen molar-refractivity contribution in [3.05, 3.63) is 42.0 Å². The number of unbranched alkanes of at least 4 members (excludes halogenated alkanes) is 2. The highest BCUT2D eigenvalue weighted by molar-refractivity contribution is 5.92. The third-order valence-electron chi connectivity index (χ3n) is 2.99. The third kappa shape index (κ3) is 4.91. The molecule has 2 heterocycles. The number of furan rings is 1. The number of rotatable bonds is 8. The molecule has 1 amide bonds. The van der Waals surface area contributed by atoms with Gasteiger partial charge in [-0.05, 0) is 30.7 Å². The highest BCUT2D eigenvalue weighted by Crippen LogP contribution is 2.04. The van der Waals surface area contributed by atoms with Crippen LogP contribution in [0.15, 0.2) is 34.9 Å². The Labute approximate surface area is 124 Å². The normalized spacial score (nSPS) is 10.3. The predicted octanol–water partition coefficient (Wildman–Crippen LogP) is 2.60. The van der Waals surface area contributed by atoms with Gasteiger partial charge in [-0.15, -0.1) is 10.2 Å². The molecule has 0 aliphatic rings. The second-order valence-corrected chi connectivity index (χ2v) is 4.70. The van der Waals surface area contributed by atoms with Crippen LogP contribution in [0.1, 0.15) is 42.4 Å². The molecule has 2 aromatic rings. The van der Waals surface area contributed by atoms with Crippen molar-refractivity contribution in [2.24, 2.45) is 0 Å². The molecule has 112 valence electrons. The number of nitrogens with one attached hydrogen (secondary N) is 2. The van der Waals surface area contributed by atoms with E-state index in [9.17, 15) is 4.79 Å². The molecular weight excluding hydrogens is 268 g/mol. The van der Waals surface area contributed by atoms with E-state index in [2.05, 4.69) is 27.8 Å². The van der Waals surface area contributed by atoms with E-state index in [4.69, 9.17) is 4.42 Å². The fourth-order valence-electron chi connectivity index (χ4n) is 1.81. The predicted molar refractivity (Wildman–Crippen MR) is 79.9 cm³/mol. The minimum Gasteiger partial charge on any atom is -0.467 e. The van der Waals surface area contributed by atoms with Crippen LogP contribution in [0.25, 0.3) is 0 Å². The summed E-state index contributed by atoms with van der Waals surface area (Å²) < 4.78 is 5.14. The minimum absolute atomic E-state index is 0.267. The second-order valence-electron chi connectivity index (χ2n) is 4.70. The zero-order valence-corrected chi connectivity index (χ0v) is 12.1. The maximum atomic E-state index is 11.9. The number of amides is 1. The molecule has 0 unspecified atom stereocenters. The Morgan fingerprint density at radius 1 is 1.24 bits per heavy atom. The lowest BCUT2D eigenvalue weighted by Crippen LogP contribution is -2.24. The van der Waals surface area contributed by atoms with E-state index in [-0.39, 0.29) is 5.91 Å². The van der Waals surface area contributed by atoms with E-state index >= 15 is 0 Å². The number of hydrogen-bond donors (Lipinski definition) is 2. The first-order valence-electron chi connectivity index (χ1n) is 7.17. The fraction of sp³-hybridized carbons (Fsp3) is 0.400. The molecule has 0 fully saturated rings. The van der Waals surface area contributed by atoms with Crippen molar-refractivity contribution in [3.8, 4) is 0 Å². The summed E-state index contributed by atoms with van der Waals surface area (Å²) in [5.74, 6) is 1.12. The molecule has 0 atom stereocenters. The summed E-state index contributed by atoms with van der Waals surface area (Å²) >= 11 is 0. The second kappa shape index (κ2) is 8.04. The topological polar surface area (TPSA) is 80.0 Å². The Bertz CT molecular complexity index is 537. The first-order chi connectivity index (χ1) is 10.3. The SMILES string of the molecule is CCCCCNc1ccc(C(=O)NCc2ccco2)nn1. The smallest absolute Gasteiger partial charge is 0.272 e. The lowest BCUT2D eigenvalue weighted by Gasteiger charge is -2.05. The molecule has 0 saturated heterocycles. The van der Waals surface area contributed by atoms with Crippen LogP contribution in [0.5, 0.6) is 0 Å². The van der Waals surface area contributed by atoms with E-state index in [1.807, 2.05) is 0 Å². The lowest BCUT2D eigenvalue weighted by atomic mass is 10.2. The summed E-state index contributed by atoms with van der Waals surface area (Å²) in [5.41, 5.74) is 0.292. The van der Waals surface area contributed by atoms with Crippen LogP contribution < -0.4 is 10.6 Å². The molecular formula is C15H20N4O2. The van der Waals surface area contributed by atoms with Crippen LogP contribution >= 0.6 is 0 Å². The molecule has 0 saturated carbocycles. The third-order valence-corrected chi connectivity index (χ3v) is 2.99. The molecule has 21 heavy (non-hydrogen) atoms. The van der Waals surface area contributed by atoms with Crippen LogP contribution in [0, 0.1) is 0 Å². The molecule has 6 nitrogen and oxygen atoms in total. The largest absolute Gasteiger partial charge is 0.467 e. The number of anilines is 1. The number of aromatic nitrogens is 2. The Balaban J connectivity index is 1.79. The lowest BCUT2D eigenvalue weighted by molar-refractivity contribution is 0.0942. The Morgan fingerprint density at radius 2 is 2.14 bits per heavy atom. The van der Waals surface area contributed by atoms with Crippen molar-refractivity contribution < 1.29 is 9.21 Å². The van der Waals surface area contributed by atoms with Crippen LogP contribution in [0.3, 0.4) is 0 Å². The first-order valence-corrected chi connectivity index (χ1v) is 7.17. The summed E-state index contributed by atoms with van der Waals surface area (Å²) in [6.45, 7) is 3.37. The van der Waals surface area contributed by atoms with Crippen LogP contribution in [0.4, 0.5) is 5.82 Å². The number of carbonyl (C=O) groups excluding carboxylic acids is 1. The van der Waals surface area contributed by atoms with E-state index in [1.54, 1.807) is 30.5 Å². The molecule has 2 aromatic heterocycles. The molecule has 0 aliphatic carbocycles. The van der Waals surface area contributed by atoms with Gasteiger partial charge in [0.2, 0.25) is 0 Å². The van der Waals surface area contributed by atoms with Gasteiger partial charge in [0.05, 0.1) is 12.8 Å². The summed E-state index contributed by atoms with van der Waals surface area (Å²) in [4.78, 5) is 11.9. The standard InChI is InChI=1S/C15H20N4O2/c1-2-3-4-9-16-14-8-7-13(18-19-14)15(20)17-11-12-6-5-10-21-12/h5-8,10H,2-4,9,11H2,1H3,(H,16,19)(H,17,20). The number of hydrogen-bond acceptors (Lipinski definition) is 5. The molecule has 0 bridgehead atoms. The summed E-state index contributed by atoms with van der Waals surface area (Å²) in [7, 11) is 0. The quantitative estimate of drug-likeness (QED) is 0.730. The van der Waals surface area contributed by atoms with Crippen LogP contribution in [-0.2, 0) is 6.54 Å². The Morgan fingerprint density at radius 3 is 2.81 bits per heavy atom. The van der Waals surface area contributed by atoms with Crippen molar-refractivity contribution in [2.75, 3.05) is 11.9 Å². The van der Waals surface area contributed by atoms with E-state index in [0.29, 0.717) is 23.8 Å². The van der Waals surface area contributed by atoms with Gasteiger partial charge in [-0.2, -0.15) is 0 Å². The molecule has 0 spiro atoms. The van der Waals surface area contributed by atoms with Gasteiger partial charge in [-0.1, -0.05) is 19.8 Å². The highest BCUT2D eigenvalue weighted by Gasteiger charge is 2.08. The summed E-state index contributed by atoms with van der Waals surface area (Å²) in [5, 5.41) is 13.8. The van der Waals surface area contributed by atoms with Crippen LogP contribution in [0.2, 0.25) is 0 Å². The summed E-state index contributed by atoms with van der Waals surface area (Å²) in [6, 6.07) is 7.00. The molecule has 2 N–H and O–H groups in total. The van der Waals surface area contributed by atoms with Crippen molar-refractivity contribution in [1.29, 1.82) is 0 Å². The van der Waals surface area contributed by atoms with Gasteiger partial charge in [0, 0.05) is 6.54 Å². The Hall–Kier alpha value is -2.37. The molecule has 0 radical (unpaired) electrons. The number of nitrogens with zero attached hydrogens (tertiary/aromatic N) is 2. The van der Waals surface area contributed by atoms with E-state index < -0.39 is 0 Å². The summed E-state index contributed by atoms with van der Waals surface area (Å²) in [6.07, 6.45) is 5.04. The molecule has 6 heteroatoms. The number of carbonyl (C=O) groups is 1. The van der Waals surface area contributed by atoms with Gasteiger partial charge in [0.25, 0.3) is 5.91 Å². The molecule has 0 aromatic carbocycles. The average molecular weight is 288 g/mol. The fourth-order valence-corrected chi connectivity index (χ4v) is 1.81. The van der Waals surface area contributed by atoms with Gasteiger partial charge in [-0.25, -0.2) is 0 Å². The van der Waals surface area contributed by atoms with Crippen molar-refractivity contribution in [1.82, 2.24) is 15.5 Å². The van der Waals surface area contributed by atoms with Crippen molar-refractivity contribution >= 4 is 11.7 Å². The monoisotopic (exact) mass is 288 g/mol. The Kier molecular flexibility index (Phi) is 5.75. The van der Waals surface area contributed by atoms with Gasteiger partial charge < -0.3 is 15.1 Å². The van der Waals surface area contributed by atoms with Gasteiger partial charge in [0.1, 0.15) is 11.6 Å². The van der Waals surface area contributed by atoms with Crippen LogP contribution in [-0.4, -0.2) is 22.6 Å². The highest BCUT2D eigenvalue weighted by atomic mass is 16.3. The maximum absolute atomic E-state index is 11.9. The zero-order chi connectivity index (χ0) is 14.9. The van der Waals surface area contributed by atoms with E-state index in [0.717, 1.165) is 13.0 Å². The maximum Gasteiger partial charge on any atom is 0.272 e. The molecule has 0 aliphatic heterocycles. The van der Waals surface area contributed by atoms with Gasteiger partial charge >= 0.3 is 0 Å². The van der Waals surface area contributed by atoms with Crippen molar-refractivity contribution in [2.45, 2.75) is 32.7 Å². The van der Waals surface area contributed by atoms with Gasteiger partial charge in [0.15, 0.2) is 5.69 Å². The van der Waals surface area contributed by atoms with Gasteiger partial charge in [-0.3, -0.25) is 4.79 Å². The molecule has 2 rings (SSSR count). The van der Waals surface area contributed by atoms with E-state index in [1.165, 1.54) is 12.8 Å². The first kappa shape index (κ1) is 15.0.